The Hall–Kier alpha value is -1.11. The van der Waals surface area contributed by atoms with Crippen molar-refractivity contribution in [2.75, 3.05) is 13.2 Å². The van der Waals surface area contributed by atoms with Crippen LogP contribution in [0.3, 0.4) is 0 Å². The van der Waals surface area contributed by atoms with Gasteiger partial charge in [0, 0.05) is 0 Å². The second-order valence-corrected chi connectivity index (χ2v) is 11.0. The molecule has 0 aromatic carbocycles. The van der Waals surface area contributed by atoms with Gasteiger partial charge in [0.1, 0.15) is 30.5 Å². The van der Waals surface area contributed by atoms with Crippen LogP contribution in [0.25, 0.3) is 0 Å². The molecule has 0 spiro atoms. The second kappa shape index (κ2) is 22.5. The summed E-state index contributed by atoms with van der Waals surface area (Å²) in [5, 5.41) is 63.1. The highest BCUT2D eigenvalue weighted by molar-refractivity contribution is 5.80. The number of carbonyl (C=O) groups is 1. The maximum Gasteiger partial charge on any atom is 0.249 e. The van der Waals surface area contributed by atoms with Crippen molar-refractivity contribution >= 4 is 5.91 Å². The lowest BCUT2D eigenvalue weighted by atomic mass is 9.99. The molecule has 1 rings (SSSR count). The van der Waals surface area contributed by atoms with Crippen molar-refractivity contribution in [1.29, 1.82) is 0 Å². The van der Waals surface area contributed by atoms with Gasteiger partial charge < -0.3 is 45.4 Å². The van der Waals surface area contributed by atoms with Gasteiger partial charge in [0.15, 0.2) is 6.29 Å². The fourth-order valence-electron chi connectivity index (χ4n) is 4.73. The van der Waals surface area contributed by atoms with E-state index in [2.05, 4.69) is 12.2 Å². The van der Waals surface area contributed by atoms with Crippen molar-refractivity contribution in [2.24, 2.45) is 0 Å². The summed E-state index contributed by atoms with van der Waals surface area (Å²) < 4.78 is 10.9. The van der Waals surface area contributed by atoms with E-state index in [-0.39, 0.29) is 13.0 Å². The van der Waals surface area contributed by atoms with Gasteiger partial charge in [-0.05, 0) is 19.3 Å². The van der Waals surface area contributed by atoms with Gasteiger partial charge in [0.25, 0.3) is 0 Å². The van der Waals surface area contributed by atoms with Crippen LogP contribution in [-0.2, 0) is 14.3 Å². The summed E-state index contributed by atoms with van der Waals surface area (Å²) in [5.41, 5.74) is 0. The third kappa shape index (κ3) is 14.7. The lowest BCUT2D eigenvalue weighted by Gasteiger charge is -2.40. The van der Waals surface area contributed by atoms with E-state index in [4.69, 9.17) is 9.47 Å². The fraction of sp³-hybridized carbons (Fsp3) is 0.900. The van der Waals surface area contributed by atoms with Crippen LogP contribution < -0.4 is 5.32 Å². The summed E-state index contributed by atoms with van der Waals surface area (Å²) in [6.45, 7) is 3.28. The molecule has 236 valence electrons. The van der Waals surface area contributed by atoms with E-state index in [1.807, 2.05) is 13.0 Å². The van der Waals surface area contributed by atoms with Gasteiger partial charge >= 0.3 is 0 Å². The number of ether oxygens (including phenoxy) is 2. The van der Waals surface area contributed by atoms with Gasteiger partial charge in [0.2, 0.25) is 5.91 Å². The minimum atomic E-state index is -1.60. The molecule has 1 fully saturated rings. The summed E-state index contributed by atoms with van der Waals surface area (Å²) in [6.07, 6.45) is 10.1. The van der Waals surface area contributed by atoms with Gasteiger partial charge in [-0.1, -0.05) is 103 Å². The van der Waals surface area contributed by atoms with Crippen LogP contribution in [0, 0.1) is 0 Å². The van der Waals surface area contributed by atoms with E-state index < -0.39 is 61.5 Å². The second-order valence-electron chi connectivity index (χ2n) is 11.0. The molecule has 40 heavy (non-hydrogen) atoms. The normalized spacial score (nSPS) is 25.6. The predicted molar refractivity (Wildman–Crippen MR) is 153 cm³/mol. The summed E-state index contributed by atoms with van der Waals surface area (Å²) in [7, 11) is 0. The lowest BCUT2D eigenvalue weighted by molar-refractivity contribution is -0.302. The average Bonchev–Trinajstić information content (AvgIpc) is 2.95. The smallest absolute Gasteiger partial charge is 0.249 e. The molecule has 1 saturated heterocycles. The van der Waals surface area contributed by atoms with E-state index in [0.717, 1.165) is 25.7 Å². The molecule has 0 aromatic rings. The standard InChI is InChI=1S/C30H57NO9/c1-3-5-7-8-9-10-11-12-13-14-15-16-17-19-23(33)22(31-29(38)24(34)18-6-4-2)21-39-30-28(37)27(36)26(35)25(20-32)40-30/h17,19,22-28,30,32-37H,3-16,18,20-21H2,1-2H3,(H,31,38)/b19-17+/t22-,23+,24?,25+,26-,27-,28+,30+/m0/s1. The minimum Gasteiger partial charge on any atom is -0.394 e. The number of rotatable bonds is 23. The van der Waals surface area contributed by atoms with Crippen molar-refractivity contribution in [3.8, 4) is 0 Å². The molecule has 0 saturated carbocycles. The Morgan fingerprint density at radius 2 is 1.43 bits per heavy atom. The number of hydrogen-bond donors (Lipinski definition) is 7. The Kier molecular flexibility index (Phi) is 20.7. The summed E-state index contributed by atoms with van der Waals surface area (Å²) in [4.78, 5) is 12.5. The first-order chi connectivity index (χ1) is 19.3. The van der Waals surface area contributed by atoms with Gasteiger partial charge in [0.05, 0.1) is 25.4 Å². The molecule has 0 aromatic heterocycles. The van der Waals surface area contributed by atoms with E-state index in [1.165, 1.54) is 57.8 Å². The molecule has 10 nitrogen and oxygen atoms in total. The van der Waals surface area contributed by atoms with Gasteiger partial charge in [-0.15, -0.1) is 0 Å². The molecule has 0 bridgehead atoms. The quantitative estimate of drug-likeness (QED) is 0.0715. The third-order valence-electron chi connectivity index (χ3n) is 7.47. The fourth-order valence-corrected chi connectivity index (χ4v) is 4.73. The number of carbonyl (C=O) groups excluding carboxylic acids is 1. The molecule has 8 atom stereocenters. The van der Waals surface area contributed by atoms with Crippen molar-refractivity contribution in [2.45, 2.75) is 159 Å². The highest BCUT2D eigenvalue weighted by atomic mass is 16.7. The highest BCUT2D eigenvalue weighted by Gasteiger charge is 2.44. The number of nitrogens with one attached hydrogen (secondary N) is 1. The third-order valence-corrected chi connectivity index (χ3v) is 7.47. The molecule has 1 aliphatic heterocycles. The molecule has 1 amide bonds. The van der Waals surface area contributed by atoms with Gasteiger partial charge in [-0.25, -0.2) is 0 Å². The molecular weight excluding hydrogens is 518 g/mol. The Morgan fingerprint density at radius 1 is 0.850 bits per heavy atom. The van der Waals surface area contributed by atoms with Crippen LogP contribution in [0.2, 0.25) is 0 Å². The Morgan fingerprint density at radius 3 is 2.00 bits per heavy atom. The summed E-state index contributed by atoms with van der Waals surface area (Å²) in [5.74, 6) is -0.645. The molecular formula is C30H57NO9. The van der Waals surface area contributed by atoms with Crippen LogP contribution >= 0.6 is 0 Å². The van der Waals surface area contributed by atoms with Crippen molar-refractivity contribution in [1.82, 2.24) is 5.32 Å². The Balaban J connectivity index is 2.54. The zero-order valence-corrected chi connectivity index (χ0v) is 24.7. The Labute approximate surface area is 240 Å². The van der Waals surface area contributed by atoms with E-state index >= 15 is 0 Å². The largest absolute Gasteiger partial charge is 0.394 e. The number of aliphatic hydroxyl groups excluding tert-OH is 6. The highest BCUT2D eigenvalue weighted by Crippen LogP contribution is 2.22. The van der Waals surface area contributed by atoms with Crippen LogP contribution in [0.4, 0.5) is 0 Å². The topological polar surface area (TPSA) is 169 Å². The predicted octanol–water partition coefficient (Wildman–Crippen LogP) is 2.46. The molecule has 1 aliphatic rings. The molecule has 0 aliphatic carbocycles. The van der Waals surface area contributed by atoms with Gasteiger partial charge in [-0.3, -0.25) is 4.79 Å². The molecule has 0 radical (unpaired) electrons. The van der Waals surface area contributed by atoms with Crippen molar-refractivity contribution < 1.29 is 44.9 Å². The van der Waals surface area contributed by atoms with Crippen molar-refractivity contribution in [3.63, 3.8) is 0 Å². The first-order valence-electron chi connectivity index (χ1n) is 15.5. The molecule has 7 N–H and O–H groups in total. The minimum absolute atomic E-state index is 0.285. The summed E-state index contributed by atoms with van der Waals surface area (Å²) in [6, 6.07) is -0.968. The maximum absolute atomic E-state index is 12.5. The van der Waals surface area contributed by atoms with Gasteiger partial charge in [-0.2, -0.15) is 0 Å². The zero-order valence-electron chi connectivity index (χ0n) is 24.7. The van der Waals surface area contributed by atoms with E-state index in [1.54, 1.807) is 6.08 Å². The first-order valence-corrected chi connectivity index (χ1v) is 15.5. The number of allylic oxidation sites excluding steroid dienone is 1. The average molecular weight is 576 g/mol. The number of amides is 1. The summed E-state index contributed by atoms with van der Waals surface area (Å²) >= 11 is 0. The monoisotopic (exact) mass is 575 g/mol. The van der Waals surface area contributed by atoms with Crippen molar-refractivity contribution in [3.05, 3.63) is 12.2 Å². The number of unbranched alkanes of at least 4 members (excludes halogenated alkanes) is 12. The molecule has 10 heteroatoms. The van der Waals surface area contributed by atoms with Crippen LogP contribution in [0.15, 0.2) is 12.2 Å². The first kappa shape index (κ1) is 36.9. The number of aliphatic hydroxyl groups is 6. The van der Waals surface area contributed by atoms with Crippen LogP contribution in [0.1, 0.15) is 110 Å². The maximum atomic E-state index is 12.5. The van der Waals surface area contributed by atoms with Crippen LogP contribution in [0.5, 0.6) is 0 Å². The Bertz CT molecular complexity index is 663. The zero-order chi connectivity index (χ0) is 29.8. The van der Waals surface area contributed by atoms with E-state index in [0.29, 0.717) is 6.42 Å². The molecule has 1 heterocycles. The SMILES string of the molecule is CCCCCCCCCCCCC/C=C/[C@@H](O)[C@H](CO[C@@H]1O[C@H](CO)[C@H](O)[C@H](O)[C@H]1O)NC(=O)C(O)CCCC. The lowest BCUT2D eigenvalue weighted by Crippen LogP contribution is -2.60. The molecule has 1 unspecified atom stereocenters. The van der Waals surface area contributed by atoms with Crippen LogP contribution in [-0.4, -0.2) is 98.7 Å². The van der Waals surface area contributed by atoms with E-state index in [9.17, 15) is 35.4 Å². The number of hydrogen-bond acceptors (Lipinski definition) is 9.